The summed E-state index contributed by atoms with van der Waals surface area (Å²) in [5, 5.41) is 8.76. The molecule has 0 heterocycles. The molecule has 0 aliphatic carbocycles. The van der Waals surface area contributed by atoms with Gasteiger partial charge in [-0.25, -0.2) is 4.79 Å². The van der Waals surface area contributed by atoms with E-state index >= 15 is 0 Å². The Hall–Kier alpha value is -2.42. The molecule has 2 aromatic carbocycles. The standard InChI is InChI=1S/C15H12O3.C2H6/c16-14(10-11-4-2-1-3-5-11)12-6-8-13(9-7-12)15(17)18;1-2/h1-9H,10H2,(H,17,18);1-2H3. The largest absolute Gasteiger partial charge is 0.478 e. The Bertz CT molecular complexity index is 557. The minimum Gasteiger partial charge on any atom is -0.478 e. The summed E-state index contributed by atoms with van der Waals surface area (Å²) in [5.41, 5.74) is 1.67. The van der Waals surface area contributed by atoms with E-state index in [-0.39, 0.29) is 11.3 Å². The van der Waals surface area contributed by atoms with Gasteiger partial charge in [-0.05, 0) is 17.7 Å². The summed E-state index contributed by atoms with van der Waals surface area (Å²) < 4.78 is 0. The SMILES string of the molecule is CC.O=C(O)c1ccc(C(=O)Cc2ccccc2)cc1. The number of carbonyl (C=O) groups excluding carboxylic acids is 1. The van der Waals surface area contributed by atoms with Crippen LogP contribution in [0.4, 0.5) is 0 Å². The van der Waals surface area contributed by atoms with Gasteiger partial charge in [0.15, 0.2) is 5.78 Å². The van der Waals surface area contributed by atoms with Crippen molar-refractivity contribution in [3.05, 3.63) is 71.3 Å². The van der Waals surface area contributed by atoms with E-state index in [2.05, 4.69) is 0 Å². The van der Waals surface area contributed by atoms with E-state index in [0.717, 1.165) is 5.56 Å². The number of aromatic carboxylic acids is 1. The predicted molar refractivity (Wildman–Crippen MR) is 79.2 cm³/mol. The van der Waals surface area contributed by atoms with Crippen LogP contribution in [0.2, 0.25) is 0 Å². The summed E-state index contributed by atoms with van der Waals surface area (Å²) in [6.07, 6.45) is 0.327. The highest BCUT2D eigenvalue weighted by atomic mass is 16.4. The fourth-order valence-corrected chi connectivity index (χ4v) is 1.68. The topological polar surface area (TPSA) is 54.4 Å². The zero-order valence-electron chi connectivity index (χ0n) is 11.7. The van der Waals surface area contributed by atoms with E-state index in [1.165, 1.54) is 12.1 Å². The molecule has 0 spiro atoms. The maximum absolute atomic E-state index is 11.9. The molecule has 0 saturated heterocycles. The van der Waals surface area contributed by atoms with Crippen LogP contribution in [0, 0.1) is 0 Å². The second-order valence-corrected chi connectivity index (χ2v) is 3.97. The quantitative estimate of drug-likeness (QED) is 0.859. The van der Waals surface area contributed by atoms with Crippen LogP contribution >= 0.6 is 0 Å². The van der Waals surface area contributed by atoms with E-state index in [9.17, 15) is 9.59 Å². The van der Waals surface area contributed by atoms with Gasteiger partial charge in [-0.15, -0.1) is 0 Å². The molecule has 0 amide bonds. The number of hydrogen-bond donors (Lipinski definition) is 1. The lowest BCUT2D eigenvalue weighted by atomic mass is 10.0. The molecule has 0 aliphatic heterocycles. The molecule has 1 N–H and O–H groups in total. The molecule has 2 aromatic rings. The number of carbonyl (C=O) groups is 2. The Balaban J connectivity index is 0.000000956. The van der Waals surface area contributed by atoms with Gasteiger partial charge in [0.2, 0.25) is 0 Å². The normalized spacial score (nSPS) is 9.30. The number of carboxylic acid groups (broad SMARTS) is 1. The lowest BCUT2D eigenvalue weighted by Gasteiger charge is -2.02. The number of carboxylic acids is 1. The molecule has 20 heavy (non-hydrogen) atoms. The number of Topliss-reactive ketones (excluding diaryl/α,β-unsaturated/α-hetero) is 1. The molecule has 0 bridgehead atoms. The van der Waals surface area contributed by atoms with Crippen molar-refractivity contribution < 1.29 is 14.7 Å². The summed E-state index contributed by atoms with van der Waals surface area (Å²) in [6, 6.07) is 15.4. The van der Waals surface area contributed by atoms with Crippen LogP contribution in [-0.2, 0) is 6.42 Å². The maximum atomic E-state index is 11.9. The van der Waals surface area contributed by atoms with Crippen LogP contribution in [0.15, 0.2) is 54.6 Å². The summed E-state index contributed by atoms with van der Waals surface area (Å²) >= 11 is 0. The zero-order chi connectivity index (χ0) is 15.0. The van der Waals surface area contributed by atoms with E-state index < -0.39 is 5.97 Å². The first-order valence-corrected chi connectivity index (χ1v) is 6.57. The van der Waals surface area contributed by atoms with Gasteiger partial charge in [-0.3, -0.25) is 4.79 Å². The third-order valence-electron chi connectivity index (χ3n) is 2.66. The minimum absolute atomic E-state index is 0.0156. The number of hydrogen-bond acceptors (Lipinski definition) is 2. The molecule has 0 atom stereocenters. The highest BCUT2D eigenvalue weighted by Gasteiger charge is 2.08. The van der Waals surface area contributed by atoms with Gasteiger partial charge in [0.05, 0.1) is 5.56 Å². The third-order valence-corrected chi connectivity index (χ3v) is 2.66. The molecule has 0 aliphatic rings. The first-order chi connectivity index (χ1) is 9.66. The molecule has 0 unspecified atom stereocenters. The molecule has 0 fully saturated rings. The van der Waals surface area contributed by atoms with Crippen LogP contribution < -0.4 is 0 Å². The van der Waals surface area contributed by atoms with Crippen molar-refractivity contribution in [2.45, 2.75) is 20.3 Å². The van der Waals surface area contributed by atoms with Crippen LogP contribution in [0.25, 0.3) is 0 Å². The lowest BCUT2D eigenvalue weighted by Crippen LogP contribution is -2.04. The van der Waals surface area contributed by atoms with E-state index in [1.54, 1.807) is 12.1 Å². The van der Waals surface area contributed by atoms with Crippen molar-refractivity contribution in [1.82, 2.24) is 0 Å². The van der Waals surface area contributed by atoms with E-state index in [1.807, 2.05) is 44.2 Å². The molecule has 104 valence electrons. The molecular formula is C17H18O3. The Morgan fingerprint density at radius 2 is 1.35 bits per heavy atom. The van der Waals surface area contributed by atoms with E-state index in [0.29, 0.717) is 12.0 Å². The first-order valence-electron chi connectivity index (χ1n) is 6.57. The fourth-order valence-electron chi connectivity index (χ4n) is 1.68. The average molecular weight is 270 g/mol. The average Bonchev–Trinajstić information content (AvgIpc) is 2.50. The van der Waals surface area contributed by atoms with Gasteiger partial charge >= 0.3 is 5.97 Å². The highest BCUT2D eigenvalue weighted by molar-refractivity contribution is 5.98. The maximum Gasteiger partial charge on any atom is 0.335 e. The predicted octanol–water partition coefficient (Wildman–Crippen LogP) is 3.84. The monoisotopic (exact) mass is 270 g/mol. The number of ketones is 1. The van der Waals surface area contributed by atoms with Crippen LogP contribution in [0.5, 0.6) is 0 Å². The second kappa shape index (κ2) is 7.89. The third kappa shape index (κ3) is 4.35. The van der Waals surface area contributed by atoms with Gasteiger partial charge in [-0.2, -0.15) is 0 Å². The fraction of sp³-hybridized carbons (Fsp3) is 0.176. The van der Waals surface area contributed by atoms with Crippen molar-refractivity contribution in [3.63, 3.8) is 0 Å². The number of benzene rings is 2. The summed E-state index contributed by atoms with van der Waals surface area (Å²) in [5.74, 6) is -1.00. The molecule has 3 heteroatoms. The van der Waals surface area contributed by atoms with Crippen molar-refractivity contribution in [2.24, 2.45) is 0 Å². The summed E-state index contributed by atoms with van der Waals surface area (Å²) in [4.78, 5) is 22.6. The Labute approximate surface area is 118 Å². The van der Waals surface area contributed by atoms with Crippen molar-refractivity contribution in [3.8, 4) is 0 Å². The molecular weight excluding hydrogens is 252 g/mol. The molecule has 2 rings (SSSR count). The summed E-state index contributed by atoms with van der Waals surface area (Å²) in [6.45, 7) is 4.00. The Morgan fingerprint density at radius 3 is 1.85 bits per heavy atom. The van der Waals surface area contributed by atoms with Gasteiger partial charge in [-0.1, -0.05) is 56.3 Å². The van der Waals surface area contributed by atoms with Gasteiger partial charge in [0.1, 0.15) is 0 Å². The van der Waals surface area contributed by atoms with Crippen molar-refractivity contribution in [1.29, 1.82) is 0 Å². The van der Waals surface area contributed by atoms with Gasteiger partial charge in [0, 0.05) is 12.0 Å². The molecule has 0 saturated carbocycles. The second-order valence-electron chi connectivity index (χ2n) is 3.97. The summed E-state index contributed by atoms with van der Waals surface area (Å²) in [7, 11) is 0. The Kier molecular flexibility index (Phi) is 6.17. The molecule has 0 radical (unpaired) electrons. The van der Waals surface area contributed by atoms with Crippen molar-refractivity contribution in [2.75, 3.05) is 0 Å². The first kappa shape index (κ1) is 15.6. The smallest absolute Gasteiger partial charge is 0.335 e. The highest BCUT2D eigenvalue weighted by Crippen LogP contribution is 2.09. The van der Waals surface area contributed by atoms with Crippen molar-refractivity contribution >= 4 is 11.8 Å². The molecule has 0 aromatic heterocycles. The van der Waals surface area contributed by atoms with Crippen LogP contribution in [-0.4, -0.2) is 16.9 Å². The van der Waals surface area contributed by atoms with E-state index in [4.69, 9.17) is 5.11 Å². The zero-order valence-corrected chi connectivity index (χ0v) is 11.7. The van der Waals surface area contributed by atoms with Gasteiger partial charge in [0.25, 0.3) is 0 Å². The Morgan fingerprint density at radius 1 is 0.850 bits per heavy atom. The van der Waals surface area contributed by atoms with Gasteiger partial charge < -0.3 is 5.11 Å². The van der Waals surface area contributed by atoms with Crippen LogP contribution in [0.1, 0.15) is 40.1 Å². The number of rotatable bonds is 4. The minimum atomic E-state index is -0.989. The lowest BCUT2D eigenvalue weighted by molar-refractivity contribution is 0.0696. The molecule has 3 nitrogen and oxygen atoms in total. The van der Waals surface area contributed by atoms with Crippen LogP contribution in [0.3, 0.4) is 0 Å².